The van der Waals surface area contributed by atoms with Crippen LogP contribution in [-0.2, 0) is 6.54 Å². The van der Waals surface area contributed by atoms with Crippen LogP contribution in [0.3, 0.4) is 0 Å². The molecule has 1 aliphatic rings. The van der Waals surface area contributed by atoms with Gasteiger partial charge >= 0.3 is 6.36 Å². The Morgan fingerprint density at radius 1 is 0.960 bits per heavy atom. The minimum Gasteiger partial charge on any atom is -0.406 e. The first-order valence-electron chi connectivity index (χ1n) is 7.96. The molecule has 0 spiro atoms. The van der Waals surface area contributed by atoms with E-state index in [4.69, 9.17) is 0 Å². The molecule has 25 heavy (non-hydrogen) atoms. The third-order valence-electron chi connectivity index (χ3n) is 4.40. The predicted octanol–water partition coefficient (Wildman–Crippen LogP) is 3.54. The third-order valence-corrected chi connectivity index (χ3v) is 4.40. The molecule has 0 aliphatic carbocycles. The lowest BCUT2D eigenvalue weighted by Crippen LogP contribution is -2.83. The lowest BCUT2D eigenvalue weighted by Gasteiger charge is -2.16. The summed E-state index contributed by atoms with van der Waals surface area (Å²) in [5.74, 6) is -0.205. The summed E-state index contributed by atoms with van der Waals surface area (Å²) in [5, 5.41) is 2.19. The van der Waals surface area contributed by atoms with Crippen molar-refractivity contribution in [1.29, 1.82) is 0 Å². The molecule has 2 N–H and O–H groups in total. The van der Waals surface area contributed by atoms with Crippen LogP contribution in [0.5, 0.6) is 5.75 Å². The van der Waals surface area contributed by atoms with Gasteiger partial charge in [-0.15, -0.1) is 13.2 Å². The van der Waals surface area contributed by atoms with Crippen molar-refractivity contribution in [2.24, 2.45) is 0 Å². The molecular formula is C19H16F3N2O+. The van der Waals surface area contributed by atoms with Gasteiger partial charge in [0.25, 0.3) is 0 Å². The summed E-state index contributed by atoms with van der Waals surface area (Å²) in [6.45, 7) is 0.795. The van der Waals surface area contributed by atoms with Crippen LogP contribution in [0, 0.1) is 0 Å². The molecule has 6 heteroatoms. The number of quaternary nitrogens is 1. The van der Waals surface area contributed by atoms with Gasteiger partial charge in [0.15, 0.2) is 6.04 Å². The Morgan fingerprint density at radius 3 is 2.48 bits per heavy atom. The number of nitrogens with zero attached hydrogens (tertiary/aromatic N) is 1. The van der Waals surface area contributed by atoms with Gasteiger partial charge in [-0.1, -0.05) is 18.2 Å². The average Bonchev–Trinajstić information content (AvgIpc) is 2.99. The SMILES string of the molecule is FC(F)(F)Oc1ccc([C@H]2[NH2+]Cc3ccccc3-n3cccc32)cc1. The second kappa shape index (κ2) is 5.97. The molecule has 0 bridgehead atoms. The van der Waals surface area contributed by atoms with E-state index >= 15 is 0 Å². The monoisotopic (exact) mass is 345 g/mol. The van der Waals surface area contributed by atoms with E-state index in [0.717, 1.165) is 23.5 Å². The first-order valence-corrected chi connectivity index (χ1v) is 7.96. The Kier molecular flexibility index (Phi) is 3.77. The molecule has 3 aromatic rings. The maximum Gasteiger partial charge on any atom is 0.573 e. The average molecular weight is 345 g/mol. The Labute approximate surface area is 142 Å². The van der Waals surface area contributed by atoms with Crippen molar-refractivity contribution in [3.05, 3.63) is 83.7 Å². The largest absolute Gasteiger partial charge is 0.573 e. The van der Waals surface area contributed by atoms with Crippen molar-refractivity contribution in [3.8, 4) is 11.4 Å². The highest BCUT2D eigenvalue weighted by Gasteiger charge is 2.31. The summed E-state index contributed by atoms with van der Waals surface area (Å²) in [5.41, 5.74) is 4.38. The van der Waals surface area contributed by atoms with Gasteiger partial charge in [0.1, 0.15) is 12.3 Å². The number of ether oxygens (including phenoxy) is 1. The van der Waals surface area contributed by atoms with E-state index in [9.17, 15) is 13.2 Å². The zero-order valence-electron chi connectivity index (χ0n) is 13.2. The number of para-hydroxylation sites is 1. The first-order chi connectivity index (χ1) is 12.0. The fraction of sp³-hybridized carbons (Fsp3) is 0.158. The predicted molar refractivity (Wildman–Crippen MR) is 86.4 cm³/mol. The van der Waals surface area contributed by atoms with Crippen LogP contribution >= 0.6 is 0 Å². The normalized spacial score (nSPS) is 16.7. The van der Waals surface area contributed by atoms with Gasteiger partial charge in [-0.2, -0.15) is 0 Å². The highest BCUT2D eigenvalue weighted by Crippen LogP contribution is 2.29. The number of nitrogens with two attached hydrogens (primary N) is 1. The third kappa shape index (κ3) is 3.13. The molecule has 3 nitrogen and oxygen atoms in total. The summed E-state index contributed by atoms with van der Waals surface area (Å²) < 4.78 is 43.1. The minimum absolute atomic E-state index is 0.00216. The van der Waals surface area contributed by atoms with E-state index in [1.165, 1.54) is 17.7 Å². The molecule has 0 amide bonds. The Hall–Kier alpha value is -2.73. The van der Waals surface area contributed by atoms with Crippen molar-refractivity contribution in [1.82, 2.24) is 4.57 Å². The summed E-state index contributed by atoms with van der Waals surface area (Å²) in [7, 11) is 0. The van der Waals surface area contributed by atoms with Gasteiger partial charge in [0.05, 0.1) is 11.4 Å². The molecule has 2 heterocycles. The van der Waals surface area contributed by atoms with E-state index in [2.05, 4.69) is 26.8 Å². The first kappa shape index (κ1) is 15.8. The van der Waals surface area contributed by atoms with E-state index in [1.807, 2.05) is 30.5 Å². The molecule has 0 fully saturated rings. The number of aromatic nitrogens is 1. The van der Waals surface area contributed by atoms with Crippen molar-refractivity contribution in [2.75, 3.05) is 0 Å². The molecule has 0 saturated heterocycles. The number of halogens is 3. The maximum absolute atomic E-state index is 12.3. The molecule has 2 aromatic carbocycles. The van der Waals surface area contributed by atoms with E-state index in [1.54, 1.807) is 12.1 Å². The fourth-order valence-corrected chi connectivity index (χ4v) is 3.33. The molecule has 128 valence electrons. The maximum atomic E-state index is 12.3. The second-order valence-corrected chi connectivity index (χ2v) is 5.97. The van der Waals surface area contributed by atoms with Gasteiger partial charge in [0.2, 0.25) is 0 Å². The summed E-state index contributed by atoms with van der Waals surface area (Å²) in [6.07, 6.45) is -2.66. The van der Waals surface area contributed by atoms with Crippen molar-refractivity contribution < 1.29 is 23.2 Å². The topological polar surface area (TPSA) is 30.8 Å². The number of alkyl halides is 3. The summed E-state index contributed by atoms with van der Waals surface area (Å²) >= 11 is 0. The van der Waals surface area contributed by atoms with Gasteiger partial charge in [-0.3, -0.25) is 0 Å². The van der Waals surface area contributed by atoms with Crippen molar-refractivity contribution in [2.45, 2.75) is 18.9 Å². The van der Waals surface area contributed by atoms with Gasteiger partial charge in [0, 0.05) is 17.3 Å². The Bertz CT molecular complexity index is 884. The summed E-state index contributed by atoms with van der Waals surface area (Å²) in [4.78, 5) is 0. The van der Waals surface area contributed by atoms with Crippen LogP contribution in [0.1, 0.15) is 22.9 Å². The van der Waals surface area contributed by atoms with Crippen LogP contribution in [0.4, 0.5) is 13.2 Å². The number of hydrogen-bond donors (Lipinski definition) is 1. The van der Waals surface area contributed by atoms with E-state index < -0.39 is 6.36 Å². The minimum atomic E-state index is -4.67. The quantitative estimate of drug-likeness (QED) is 0.757. The van der Waals surface area contributed by atoms with Crippen LogP contribution in [0.15, 0.2) is 66.9 Å². The number of fused-ring (bicyclic) bond motifs is 3. The molecule has 1 aromatic heterocycles. The Balaban J connectivity index is 1.68. The highest BCUT2D eigenvalue weighted by molar-refractivity contribution is 5.45. The van der Waals surface area contributed by atoms with E-state index in [0.29, 0.717) is 0 Å². The van der Waals surface area contributed by atoms with E-state index in [-0.39, 0.29) is 11.8 Å². The zero-order chi connectivity index (χ0) is 17.4. The highest BCUT2D eigenvalue weighted by atomic mass is 19.4. The fourth-order valence-electron chi connectivity index (χ4n) is 3.33. The second-order valence-electron chi connectivity index (χ2n) is 5.97. The molecular weight excluding hydrogens is 329 g/mol. The molecule has 0 saturated carbocycles. The lowest BCUT2D eigenvalue weighted by atomic mass is 10.0. The number of rotatable bonds is 2. The van der Waals surface area contributed by atoms with Gasteiger partial charge < -0.3 is 14.6 Å². The Morgan fingerprint density at radius 2 is 1.72 bits per heavy atom. The molecule has 1 aliphatic heterocycles. The van der Waals surface area contributed by atoms with Crippen LogP contribution < -0.4 is 10.1 Å². The van der Waals surface area contributed by atoms with Crippen LogP contribution in [0.25, 0.3) is 5.69 Å². The summed E-state index contributed by atoms with van der Waals surface area (Å²) in [6, 6.07) is 18.3. The molecule has 0 radical (unpaired) electrons. The van der Waals surface area contributed by atoms with Crippen LogP contribution in [0.2, 0.25) is 0 Å². The number of hydrogen-bond acceptors (Lipinski definition) is 1. The van der Waals surface area contributed by atoms with Gasteiger partial charge in [-0.05, 0) is 42.5 Å². The smallest absolute Gasteiger partial charge is 0.406 e. The standard InChI is InChI=1S/C19H15F3N2O/c20-19(21,22)25-15-9-7-13(8-10-15)18-17-6-3-11-24(17)16-5-2-1-4-14(16)12-23-18/h1-11,18,23H,12H2/p+1/t18-/m1/s1. The van der Waals surface area contributed by atoms with Crippen LogP contribution in [-0.4, -0.2) is 10.9 Å². The lowest BCUT2D eigenvalue weighted by molar-refractivity contribution is -0.702. The molecule has 1 atom stereocenters. The number of benzene rings is 2. The van der Waals surface area contributed by atoms with Crippen molar-refractivity contribution >= 4 is 0 Å². The molecule has 0 unspecified atom stereocenters. The van der Waals surface area contributed by atoms with Crippen molar-refractivity contribution in [3.63, 3.8) is 0 Å². The molecule has 4 rings (SSSR count). The van der Waals surface area contributed by atoms with Gasteiger partial charge in [-0.25, -0.2) is 0 Å². The zero-order valence-corrected chi connectivity index (χ0v) is 13.2.